The number of piperidine rings is 1. The van der Waals surface area contributed by atoms with Gasteiger partial charge in [-0.05, 0) is 56.4 Å². The van der Waals surface area contributed by atoms with Crippen LogP contribution in [0.1, 0.15) is 42.1 Å². The van der Waals surface area contributed by atoms with E-state index in [9.17, 15) is 4.79 Å². The average molecular weight is 351 g/mol. The van der Waals surface area contributed by atoms with Gasteiger partial charge in [0.1, 0.15) is 0 Å². The number of amides is 2. The van der Waals surface area contributed by atoms with E-state index in [1.807, 2.05) is 17.2 Å². The van der Waals surface area contributed by atoms with Gasteiger partial charge in [-0.1, -0.05) is 11.6 Å². The molecular weight excluding hydrogens is 326 g/mol. The van der Waals surface area contributed by atoms with Crippen LogP contribution in [0.2, 0.25) is 0 Å². The minimum absolute atomic E-state index is 0.0142. The molecule has 4 rings (SSSR count). The number of aryl methyl sites for hydroxylation is 1. The summed E-state index contributed by atoms with van der Waals surface area (Å²) in [5.74, 6) is 0. The van der Waals surface area contributed by atoms with Crippen LogP contribution in [-0.2, 0) is 6.42 Å². The molecule has 1 aliphatic rings. The van der Waals surface area contributed by atoms with Crippen LogP contribution >= 0.6 is 0 Å². The molecule has 0 saturated carbocycles. The number of aromatic nitrogens is 3. The molecule has 1 aromatic carbocycles. The van der Waals surface area contributed by atoms with Crippen LogP contribution in [0.25, 0.3) is 10.9 Å². The second-order valence-electron chi connectivity index (χ2n) is 7.06. The van der Waals surface area contributed by atoms with E-state index >= 15 is 0 Å². The predicted molar refractivity (Wildman–Crippen MR) is 102 cm³/mol. The van der Waals surface area contributed by atoms with Crippen molar-refractivity contribution in [3.8, 4) is 0 Å². The second-order valence-corrected chi connectivity index (χ2v) is 7.06. The number of likely N-dealkylation sites (tertiary alicyclic amines) is 1. The lowest BCUT2D eigenvalue weighted by molar-refractivity contribution is 0.150. The van der Waals surface area contributed by atoms with Gasteiger partial charge in [-0.3, -0.25) is 5.10 Å². The van der Waals surface area contributed by atoms with Crippen molar-refractivity contribution >= 4 is 16.9 Å². The van der Waals surface area contributed by atoms with Gasteiger partial charge in [0.25, 0.3) is 0 Å². The SMILES string of the molecule is Cc1ccc2[nH]cc(CCNC(=O)N3CCCCC3c3ccn[nH]3)c2c1. The Morgan fingerprint density at radius 1 is 1.35 bits per heavy atom. The topological polar surface area (TPSA) is 76.8 Å². The number of H-pyrrole nitrogens is 2. The van der Waals surface area contributed by atoms with Crippen molar-refractivity contribution in [2.24, 2.45) is 0 Å². The minimum Gasteiger partial charge on any atom is -0.361 e. The number of aromatic amines is 2. The number of carbonyl (C=O) groups excluding carboxylic acids is 1. The first-order valence-corrected chi connectivity index (χ1v) is 9.33. The van der Waals surface area contributed by atoms with Crippen molar-refractivity contribution in [1.82, 2.24) is 25.4 Å². The van der Waals surface area contributed by atoms with E-state index in [0.717, 1.165) is 43.4 Å². The Hall–Kier alpha value is -2.76. The maximum absolute atomic E-state index is 12.7. The normalized spacial score (nSPS) is 17.6. The van der Waals surface area contributed by atoms with E-state index in [2.05, 4.69) is 45.6 Å². The summed E-state index contributed by atoms with van der Waals surface area (Å²) in [6.45, 7) is 3.53. The van der Waals surface area contributed by atoms with Crippen LogP contribution in [0.4, 0.5) is 4.79 Å². The molecule has 3 N–H and O–H groups in total. The Morgan fingerprint density at radius 2 is 2.27 bits per heavy atom. The molecule has 1 unspecified atom stereocenters. The first-order chi connectivity index (χ1) is 12.7. The quantitative estimate of drug-likeness (QED) is 0.670. The largest absolute Gasteiger partial charge is 0.361 e. The average Bonchev–Trinajstić information content (AvgIpc) is 3.32. The van der Waals surface area contributed by atoms with Crippen molar-refractivity contribution in [2.75, 3.05) is 13.1 Å². The summed E-state index contributed by atoms with van der Waals surface area (Å²) in [6.07, 6.45) is 7.79. The van der Waals surface area contributed by atoms with Crippen molar-refractivity contribution in [3.63, 3.8) is 0 Å². The molecule has 6 nitrogen and oxygen atoms in total. The lowest BCUT2D eigenvalue weighted by atomic mass is 10.00. The molecule has 1 aliphatic heterocycles. The third-order valence-electron chi connectivity index (χ3n) is 5.24. The van der Waals surface area contributed by atoms with Gasteiger partial charge in [0, 0.05) is 36.4 Å². The molecule has 1 atom stereocenters. The van der Waals surface area contributed by atoms with Crippen molar-refractivity contribution in [1.29, 1.82) is 0 Å². The van der Waals surface area contributed by atoms with Crippen molar-refractivity contribution in [2.45, 2.75) is 38.6 Å². The summed E-state index contributed by atoms with van der Waals surface area (Å²) in [7, 11) is 0. The molecule has 3 aromatic rings. The zero-order valence-corrected chi connectivity index (χ0v) is 15.1. The smallest absolute Gasteiger partial charge is 0.317 e. The Kier molecular flexibility index (Phi) is 4.65. The summed E-state index contributed by atoms with van der Waals surface area (Å²) in [5, 5.41) is 11.4. The number of hydrogen-bond donors (Lipinski definition) is 3. The maximum atomic E-state index is 12.7. The summed E-state index contributed by atoms with van der Waals surface area (Å²) >= 11 is 0. The molecule has 1 fully saturated rings. The van der Waals surface area contributed by atoms with E-state index in [4.69, 9.17) is 0 Å². The molecule has 26 heavy (non-hydrogen) atoms. The summed E-state index contributed by atoms with van der Waals surface area (Å²) < 4.78 is 0. The van der Waals surface area contributed by atoms with E-state index < -0.39 is 0 Å². The molecule has 2 aromatic heterocycles. The van der Waals surface area contributed by atoms with Gasteiger partial charge in [0.2, 0.25) is 0 Å². The fraction of sp³-hybridized carbons (Fsp3) is 0.400. The van der Waals surface area contributed by atoms with E-state index in [0.29, 0.717) is 6.54 Å². The molecule has 1 saturated heterocycles. The third-order valence-corrected chi connectivity index (χ3v) is 5.24. The Balaban J connectivity index is 1.39. The maximum Gasteiger partial charge on any atom is 0.317 e. The molecule has 136 valence electrons. The minimum atomic E-state index is 0.0142. The highest BCUT2D eigenvalue weighted by Crippen LogP contribution is 2.29. The summed E-state index contributed by atoms with van der Waals surface area (Å²) in [4.78, 5) is 18.0. The Morgan fingerprint density at radius 3 is 3.12 bits per heavy atom. The molecule has 0 bridgehead atoms. The van der Waals surface area contributed by atoms with Gasteiger partial charge < -0.3 is 15.2 Å². The van der Waals surface area contributed by atoms with Crippen LogP contribution in [0.3, 0.4) is 0 Å². The molecule has 3 heterocycles. The number of carbonyl (C=O) groups is 1. The van der Waals surface area contributed by atoms with Gasteiger partial charge in [-0.15, -0.1) is 0 Å². The molecule has 2 amide bonds. The monoisotopic (exact) mass is 351 g/mol. The van der Waals surface area contributed by atoms with Crippen molar-refractivity contribution < 1.29 is 4.79 Å². The highest BCUT2D eigenvalue weighted by Gasteiger charge is 2.28. The highest BCUT2D eigenvalue weighted by atomic mass is 16.2. The fourth-order valence-corrected chi connectivity index (χ4v) is 3.85. The van der Waals surface area contributed by atoms with Gasteiger partial charge >= 0.3 is 6.03 Å². The van der Waals surface area contributed by atoms with Crippen LogP contribution in [-0.4, -0.2) is 39.2 Å². The summed E-state index contributed by atoms with van der Waals surface area (Å²) in [5.41, 5.74) is 4.66. The lowest BCUT2D eigenvalue weighted by Crippen LogP contribution is -2.45. The first kappa shape index (κ1) is 16.7. The zero-order chi connectivity index (χ0) is 17.9. The predicted octanol–water partition coefficient (Wildman–Crippen LogP) is 3.68. The number of urea groups is 1. The molecular formula is C20H25N5O. The van der Waals surface area contributed by atoms with Gasteiger partial charge in [0.05, 0.1) is 11.7 Å². The fourth-order valence-electron chi connectivity index (χ4n) is 3.85. The summed E-state index contributed by atoms with van der Waals surface area (Å²) in [6, 6.07) is 8.49. The van der Waals surface area contributed by atoms with Crippen LogP contribution in [0.5, 0.6) is 0 Å². The highest BCUT2D eigenvalue weighted by molar-refractivity contribution is 5.84. The van der Waals surface area contributed by atoms with E-state index in [1.165, 1.54) is 16.5 Å². The van der Waals surface area contributed by atoms with E-state index in [-0.39, 0.29) is 12.1 Å². The van der Waals surface area contributed by atoms with Crippen molar-refractivity contribution in [3.05, 3.63) is 53.5 Å². The van der Waals surface area contributed by atoms with Crippen LogP contribution in [0, 0.1) is 6.92 Å². The van der Waals surface area contributed by atoms with Gasteiger partial charge in [0.15, 0.2) is 0 Å². The molecule has 0 radical (unpaired) electrons. The third kappa shape index (κ3) is 3.31. The second kappa shape index (κ2) is 7.23. The zero-order valence-electron chi connectivity index (χ0n) is 15.1. The number of nitrogens with zero attached hydrogens (tertiary/aromatic N) is 2. The number of fused-ring (bicyclic) bond motifs is 1. The van der Waals surface area contributed by atoms with Crippen LogP contribution < -0.4 is 5.32 Å². The molecule has 0 aliphatic carbocycles. The van der Waals surface area contributed by atoms with Gasteiger partial charge in [-0.2, -0.15) is 5.10 Å². The first-order valence-electron chi connectivity index (χ1n) is 9.33. The van der Waals surface area contributed by atoms with Crippen LogP contribution in [0.15, 0.2) is 36.7 Å². The number of nitrogens with one attached hydrogen (secondary N) is 3. The molecule has 6 heteroatoms. The lowest BCUT2D eigenvalue weighted by Gasteiger charge is -2.35. The van der Waals surface area contributed by atoms with E-state index in [1.54, 1.807) is 6.20 Å². The Labute approximate surface area is 153 Å². The van der Waals surface area contributed by atoms with Gasteiger partial charge in [-0.25, -0.2) is 4.79 Å². The number of rotatable bonds is 4. The molecule has 0 spiro atoms. The number of hydrogen-bond acceptors (Lipinski definition) is 2. The number of benzene rings is 1. The standard InChI is InChI=1S/C20H25N5O/c1-14-5-6-17-16(12-14)15(13-22-17)7-9-21-20(26)25-11-3-2-4-19(25)18-8-10-23-24-18/h5-6,8,10,12-13,19,22H,2-4,7,9,11H2,1H3,(H,21,26)(H,23,24). The Bertz CT molecular complexity index is 883.